The average Bonchev–Trinajstić information content (AvgIpc) is 2.70. The summed E-state index contributed by atoms with van der Waals surface area (Å²) in [5, 5.41) is 32.5. The summed E-state index contributed by atoms with van der Waals surface area (Å²) >= 11 is 0. The molecule has 1 amide bonds. The molecule has 3 aliphatic carbocycles. The molecular weight excluding hydrogens is 406 g/mol. The number of benzene rings is 1. The average molecular weight is 425 g/mol. The van der Waals surface area contributed by atoms with Gasteiger partial charge in [0.05, 0.1) is 17.6 Å². The Hall–Kier alpha value is -3.35. The van der Waals surface area contributed by atoms with Gasteiger partial charge in [-0.2, -0.15) is 0 Å². The molecule has 0 saturated heterocycles. The molecule has 5 N–H and O–H groups in total. The fourth-order valence-corrected chi connectivity index (χ4v) is 5.56. The smallest absolute Gasteiger partial charge is 0.235 e. The van der Waals surface area contributed by atoms with Crippen molar-refractivity contribution in [3.63, 3.8) is 0 Å². The number of phenolic OH excluding ortho intramolecular Hbond substituents is 1. The van der Waals surface area contributed by atoms with Crippen molar-refractivity contribution in [2.24, 2.45) is 29.4 Å². The van der Waals surface area contributed by atoms with Crippen molar-refractivity contribution in [3.8, 4) is 18.1 Å². The number of carbonyl (C=O) groups excluding carboxylic acids is 5. The summed E-state index contributed by atoms with van der Waals surface area (Å²) in [6, 6.07) is 2.63. The van der Waals surface area contributed by atoms with Gasteiger partial charge in [0, 0.05) is 23.8 Å². The highest BCUT2D eigenvalue weighted by Crippen LogP contribution is 2.54. The highest BCUT2D eigenvalue weighted by Gasteiger charge is 2.69. The number of aromatic hydroxyl groups is 1. The minimum Gasteiger partial charge on any atom is -0.507 e. The molecule has 0 heterocycles. The van der Waals surface area contributed by atoms with E-state index in [-0.39, 0.29) is 16.7 Å². The molecule has 9 heteroatoms. The third kappa shape index (κ3) is 2.43. The van der Waals surface area contributed by atoms with Crippen molar-refractivity contribution in [2.45, 2.75) is 31.0 Å². The second-order valence-corrected chi connectivity index (χ2v) is 8.37. The molecule has 2 unspecified atom stereocenters. The zero-order chi connectivity index (χ0) is 23.0. The molecule has 160 valence electrons. The number of carbonyl (C=O) groups is 5. The van der Waals surface area contributed by atoms with E-state index in [0.717, 1.165) is 0 Å². The van der Waals surface area contributed by atoms with Crippen molar-refractivity contribution in [2.75, 3.05) is 0 Å². The Morgan fingerprint density at radius 2 is 1.87 bits per heavy atom. The molecule has 7 atom stereocenters. The number of primary amides is 1. The van der Waals surface area contributed by atoms with E-state index >= 15 is 0 Å². The van der Waals surface area contributed by atoms with Gasteiger partial charge < -0.3 is 21.1 Å². The number of aliphatic hydroxyl groups excluding tert-OH is 1. The van der Waals surface area contributed by atoms with Gasteiger partial charge in [0.1, 0.15) is 5.75 Å². The van der Waals surface area contributed by atoms with Crippen LogP contribution >= 0.6 is 0 Å². The monoisotopic (exact) mass is 425 g/mol. The number of amides is 1. The molecule has 4 rings (SSSR count). The zero-order valence-electron chi connectivity index (χ0n) is 16.4. The molecule has 2 saturated carbocycles. The predicted molar refractivity (Wildman–Crippen MR) is 103 cm³/mol. The number of hydrogen-bond donors (Lipinski definition) is 4. The molecule has 9 nitrogen and oxygen atoms in total. The summed E-state index contributed by atoms with van der Waals surface area (Å²) in [5.74, 6) is -10.9. The third-order valence-electron chi connectivity index (χ3n) is 6.99. The summed E-state index contributed by atoms with van der Waals surface area (Å²) < 4.78 is 0. The molecule has 0 bridgehead atoms. The first-order valence-corrected chi connectivity index (χ1v) is 9.66. The molecule has 1 aromatic rings. The van der Waals surface area contributed by atoms with Crippen LogP contribution in [0.1, 0.15) is 40.7 Å². The fraction of sp³-hybridized carbons (Fsp3) is 0.409. The van der Waals surface area contributed by atoms with Crippen LogP contribution in [0.25, 0.3) is 0 Å². The van der Waals surface area contributed by atoms with E-state index in [2.05, 4.69) is 5.92 Å². The molecule has 0 aromatic heterocycles. The van der Waals surface area contributed by atoms with Crippen molar-refractivity contribution in [3.05, 3.63) is 28.8 Å². The minimum atomic E-state index is -2.93. The van der Waals surface area contributed by atoms with Gasteiger partial charge in [0.15, 0.2) is 34.7 Å². The third-order valence-corrected chi connectivity index (χ3v) is 6.99. The van der Waals surface area contributed by atoms with E-state index in [1.165, 1.54) is 12.1 Å². The van der Waals surface area contributed by atoms with Gasteiger partial charge in [-0.05, 0) is 23.6 Å². The van der Waals surface area contributed by atoms with E-state index < -0.39 is 82.5 Å². The number of ketones is 4. The first-order valence-electron chi connectivity index (χ1n) is 9.66. The lowest BCUT2D eigenvalue weighted by molar-refractivity contribution is -0.189. The topological polar surface area (TPSA) is 172 Å². The van der Waals surface area contributed by atoms with E-state index in [1.807, 2.05) is 0 Å². The van der Waals surface area contributed by atoms with Gasteiger partial charge >= 0.3 is 0 Å². The maximum Gasteiger partial charge on any atom is 0.235 e. The molecule has 31 heavy (non-hydrogen) atoms. The number of hydrogen-bond acceptors (Lipinski definition) is 8. The van der Waals surface area contributed by atoms with Crippen LogP contribution in [-0.2, 0) is 19.2 Å². The van der Waals surface area contributed by atoms with Crippen LogP contribution in [0.2, 0.25) is 0 Å². The van der Waals surface area contributed by atoms with Crippen molar-refractivity contribution < 1.29 is 39.3 Å². The molecule has 2 fully saturated rings. The summed E-state index contributed by atoms with van der Waals surface area (Å²) in [7, 11) is 0. The predicted octanol–water partition coefficient (Wildman–Crippen LogP) is -1.16. The van der Waals surface area contributed by atoms with Gasteiger partial charge in [-0.25, -0.2) is 0 Å². The molecule has 0 radical (unpaired) electrons. The van der Waals surface area contributed by atoms with Gasteiger partial charge in [0.25, 0.3) is 0 Å². The second kappa shape index (κ2) is 6.57. The number of terminal acetylenes is 1. The van der Waals surface area contributed by atoms with Crippen LogP contribution in [0.3, 0.4) is 0 Å². The Kier molecular flexibility index (Phi) is 4.43. The Labute approximate surface area is 176 Å². The highest BCUT2D eigenvalue weighted by molar-refractivity contribution is 6.31. The van der Waals surface area contributed by atoms with E-state index in [1.54, 1.807) is 6.92 Å². The maximum absolute atomic E-state index is 13.4. The van der Waals surface area contributed by atoms with Gasteiger partial charge in [-0.15, -0.1) is 6.42 Å². The van der Waals surface area contributed by atoms with E-state index in [9.17, 15) is 39.3 Å². The number of phenols is 1. The molecule has 0 aliphatic heterocycles. The lowest BCUT2D eigenvalue weighted by Gasteiger charge is -2.52. The first kappa shape index (κ1) is 20.9. The van der Waals surface area contributed by atoms with Gasteiger partial charge in [-0.1, -0.05) is 12.8 Å². The summed E-state index contributed by atoms with van der Waals surface area (Å²) in [6.45, 7) is 1.60. The normalized spacial score (nSPS) is 36.8. The Morgan fingerprint density at radius 1 is 1.23 bits per heavy atom. The Morgan fingerprint density at radius 3 is 2.45 bits per heavy atom. The lowest BCUT2D eigenvalue weighted by Crippen LogP contribution is -2.72. The van der Waals surface area contributed by atoms with Gasteiger partial charge in [0.2, 0.25) is 5.91 Å². The minimum absolute atomic E-state index is 0.211. The second-order valence-electron chi connectivity index (χ2n) is 8.37. The number of Topliss-reactive ketones (excluding diaryl/α,β-unsaturated/α-hetero) is 4. The van der Waals surface area contributed by atoms with Crippen molar-refractivity contribution >= 4 is 29.0 Å². The lowest BCUT2D eigenvalue weighted by atomic mass is 9.50. The standard InChI is InChI=1S/C22H19NO8/c1-3-8-4-5-10(24)14-12(8)7(2)13-16(18(14)27)20(29)22(31)9(17(13)26)6-11(25)15(19(22)28)21(23)30/h1,4-5,7,9,13,15-17,24,26,31H,6H2,2H3,(H2,23,30)/t7-,9+,13+,15?,16?,17+,22+/m0/s1. The van der Waals surface area contributed by atoms with Crippen LogP contribution in [0, 0.1) is 36.0 Å². The summed E-state index contributed by atoms with van der Waals surface area (Å²) in [4.78, 5) is 63.6. The van der Waals surface area contributed by atoms with Crippen LogP contribution in [-0.4, -0.2) is 56.1 Å². The Balaban J connectivity index is 1.93. The molecular formula is C22H19NO8. The van der Waals surface area contributed by atoms with E-state index in [4.69, 9.17) is 12.2 Å². The number of rotatable bonds is 1. The molecule has 3 aliphatic rings. The van der Waals surface area contributed by atoms with Crippen LogP contribution in [0.15, 0.2) is 12.1 Å². The molecule has 0 spiro atoms. The van der Waals surface area contributed by atoms with Crippen molar-refractivity contribution in [1.29, 1.82) is 0 Å². The zero-order valence-corrected chi connectivity index (χ0v) is 16.4. The Bertz CT molecular complexity index is 1130. The quantitative estimate of drug-likeness (QED) is 0.322. The van der Waals surface area contributed by atoms with Crippen LogP contribution < -0.4 is 5.73 Å². The largest absolute Gasteiger partial charge is 0.507 e. The number of aliphatic hydroxyl groups is 2. The van der Waals surface area contributed by atoms with Crippen molar-refractivity contribution in [1.82, 2.24) is 0 Å². The first-order chi connectivity index (χ1) is 14.5. The number of fused-ring (bicyclic) bond motifs is 3. The van der Waals surface area contributed by atoms with E-state index in [0.29, 0.717) is 0 Å². The fourth-order valence-electron chi connectivity index (χ4n) is 5.56. The number of nitrogens with two attached hydrogens (primary N) is 1. The highest BCUT2D eigenvalue weighted by atomic mass is 16.3. The SMILES string of the molecule is C#Cc1ccc(O)c2c1[C@H](C)[C@@H]1C(C2=O)C(=O)[C@]2(O)C(=O)C(C(N)=O)C(=O)C[C@@H]2[C@H]1O. The van der Waals surface area contributed by atoms with Crippen LogP contribution in [0.5, 0.6) is 5.75 Å². The van der Waals surface area contributed by atoms with Gasteiger partial charge in [-0.3, -0.25) is 24.0 Å². The molecule has 1 aromatic carbocycles. The maximum atomic E-state index is 13.4. The summed E-state index contributed by atoms with van der Waals surface area (Å²) in [5.41, 5.74) is 2.54. The summed E-state index contributed by atoms with van der Waals surface area (Å²) in [6.07, 6.45) is 3.27. The van der Waals surface area contributed by atoms with Crippen LogP contribution in [0.4, 0.5) is 0 Å².